The average molecular weight is 221 g/mol. The molecule has 0 bridgehead atoms. The molecule has 2 rings (SSSR count). The Balaban J connectivity index is 2.34. The molecule has 0 amide bonds. The topological polar surface area (TPSA) is 44.5 Å². The Kier molecular flexibility index (Phi) is 3.34. The van der Waals surface area contributed by atoms with E-state index in [1.807, 2.05) is 18.2 Å². The minimum absolute atomic E-state index is 0.0276. The van der Waals surface area contributed by atoms with Crippen LogP contribution in [0.1, 0.15) is 30.9 Å². The van der Waals surface area contributed by atoms with Crippen LogP contribution in [0.2, 0.25) is 0 Å². The molecule has 1 atom stereocenters. The van der Waals surface area contributed by atoms with Gasteiger partial charge in [-0.3, -0.25) is 0 Å². The lowest BCUT2D eigenvalue weighted by molar-refractivity contribution is 0.254. The zero-order valence-corrected chi connectivity index (χ0v) is 9.90. The van der Waals surface area contributed by atoms with E-state index in [9.17, 15) is 0 Å². The van der Waals surface area contributed by atoms with Gasteiger partial charge in [0.05, 0.1) is 19.8 Å². The molecule has 0 radical (unpaired) electrons. The molecule has 1 aromatic carbocycles. The molecule has 0 spiro atoms. The summed E-state index contributed by atoms with van der Waals surface area (Å²) in [4.78, 5) is 0. The summed E-state index contributed by atoms with van der Waals surface area (Å²) in [5.41, 5.74) is 7.30. The third-order valence-corrected chi connectivity index (χ3v) is 3.46. The molecule has 1 aliphatic rings. The summed E-state index contributed by atoms with van der Waals surface area (Å²) in [6.45, 7) is 0. The lowest BCUT2D eigenvalue weighted by atomic mass is 9.77. The van der Waals surface area contributed by atoms with Crippen LogP contribution in [-0.4, -0.2) is 14.2 Å². The SMILES string of the molecule is COc1cccc(OC)c1[C@H](N)C1CCC1. The van der Waals surface area contributed by atoms with E-state index in [1.54, 1.807) is 14.2 Å². The summed E-state index contributed by atoms with van der Waals surface area (Å²) in [6.07, 6.45) is 3.71. The average Bonchev–Trinajstić information content (AvgIpc) is 2.25. The summed E-state index contributed by atoms with van der Waals surface area (Å²) in [5.74, 6) is 2.24. The highest BCUT2D eigenvalue weighted by atomic mass is 16.5. The van der Waals surface area contributed by atoms with Crippen molar-refractivity contribution in [3.63, 3.8) is 0 Å². The number of hydrogen-bond acceptors (Lipinski definition) is 3. The van der Waals surface area contributed by atoms with Crippen LogP contribution >= 0.6 is 0 Å². The van der Waals surface area contributed by atoms with E-state index in [4.69, 9.17) is 15.2 Å². The summed E-state index contributed by atoms with van der Waals surface area (Å²) in [7, 11) is 3.34. The number of hydrogen-bond donors (Lipinski definition) is 1. The summed E-state index contributed by atoms with van der Waals surface area (Å²) < 4.78 is 10.7. The molecule has 1 aromatic rings. The summed E-state index contributed by atoms with van der Waals surface area (Å²) >= 11 is 0. The maximum atomic E-state index is 6.29. The van der Waals surface area contributed by atoms with Gasteiger partial charge in [-0.25, -0.2) is 0 Å². The van der Waals surface area contributed by atoms with Gasteiger partial charge < -0.3 is 15.2 Å². The van der Waals surface area contributed by atoms with Gasteiger partial charge in [-0.1, -0.05) is 12.5 Å². The van der Waals surface area contributed by atoms with Crippen LogP contribution < -0.4 is 15.2 Å². The van der Waals surface area contributed by atoms with Gasteiger partial charge >= 0.3 is 0 Å². The zero-order chi connectivity index (χ0) is 11.5. The fourth-order valence-electron chi connectivity index (χ4n) is 2.24. The Labute approximate surface area is 96.5 Å². The monoisotopic (exact) mass is 221 g/mol. The van der Waals surface area contributed by atoms with Gasteiger partial charge in [0.2, 0.25) is 0 Å². The molecule has 0 heterocycles. The number of nitrogens with two attached hydrogens (primary N) is 1. The molecule has 1 aliphatic carbocycles. The van der Waals surface area contributed by atoms with Crippen molar-refractivity contribution in [2.45, 2.75) is 25.3 Å². The van der Waals surface area contributed by atoms with E-state index in [2.05, 4.69) is 0 Å². The Morgan fingerprint density at radius 2 is 1.75 bits per heavy atom. The second-order valence-corrected chi connectivity index (χ2v) is 4.29. The van der Waals surface area contributed by atoms with Crippen molar-refractivity contribution >= 4 is 0 Å². The first-order valence-electron chi connectivity index (χ1n) is 5.74. The minimum Gasteiger partial charge on any atom is -0.496 e. The quantitative estimate of drug-likeness (QED) is 0.849. The Morgan fingerprint density at radius 1 is 1.19 bits per heavy atom. The molecule has 1 saturated carbocycles. The molecule has 16 heavy (non-hydrogen) atoms. The Bertz CT molecular complexity index is 339. The number of methoxy groups -OCH3 is 2. The standard InChI is InChI=1S/C13H19NO2/c1-15-10-7-4-8-11(16-2)12(10)13(14)9-5-3-6-9/h4,7-9,13H,3,5-6,14H2,1-2H3/t13-/m1/s1. The van der Waals surface area contributed by atoms with Gasteiger partial charge in [0.15, 0.2) is 0 Å². The molecular formula is C13H19NO2. The van der Waals surface area contributed by atoms with Gasteiger partial charge in [0.1, 0.15) is 11.5 Å². The molecule has 3 nitrogen and oxygen atoms in total. The van der Waals surface area contributed by atoms with Gasteiger partial charge in [0.25, 0.3) is 0 Å². The van der Waals surface area contributed by atoms with Crippen LogP contribution in [0, 0.1) is 5.92 Å². The molecule has 0 unspecified atom stereocenters. The molecule has 2 N–H and O–H groups in total. The van der Waals surface area contributed by atoms with Crippen molar-refractivity contribution in [3.8, 4) is 11.5 Å². The normalized spacial score (nSPS) is 17.7. The van der Waals surface area contributed by atoms with Crippen molar-refractivity contribution in [1.82, 2.24) is 0 Å². The van der Waals surface area contributed by atoms with Crippen LogP contribution in [0.4, 0.5) is 0 Å². The molecule has 3 heteroatoms. The number of ether oxygens (including phenoxy) is 2. The zero-order valence-electron chi connectivity index (χ0n) is 9.90. The van der Waals surface area contributed by atoms with Crippen LogP contribution in [0.25, 0.3) is 0 Å². The molecule has 0 aromatic heterocycles. The lowest BCUT2D eigenvalue weighted by Gasteiger charge is -2.32. The van der Waals surface area contributed by atoms with Crippen LogP contribution in [0.3, 0.4) is 0 Å². The summed E-state index contributed by atoms with van der Waals surface area (Å²) in [6, 6.07) is 5.83. The largest absolute Gasteiger partial charge is 0.496 e. The second kappa shape index (κ2) is 4.74. The number of benzene rings is 1. The lowest BCUT2D eigenvalue weighted by Crippen LogP contribution is -2.27. The Morgan fingerprint density at radius 3 is 2.12 bits per heavy atom. The smallest absolute Gasteiger partial charge is 0.127 e. The van der Waals surface area contributed by atoms with E-state index in [-0.39, 0.29) is 6.04 Å². The van der Waals surface area contributed by atoms with Crippen LogP contribution in [0.5, 0.6) is 11.5 Å². The van der Waals surface area contributed by atoms with Gasteiger partial charge in [-0.2, -0.15) is 0 Å². The predicted molar refractivity (Wildman–Crippen MR) is 63.8 cm³/mol. The first-order chi connectivity index (χ1) is 7.77. The van der Waals surface area contributed by atoms with Gasteiger partial charge in [-0.05, 0) is 30.9 Å². The van der Waals surface area contributed by atoms with Crippen molar-refractivity contribution in [3.05, 3.63) is 23.8 Å². The molecule has 0 saturated heterocycles. The fraction of sp³-hybridized carbons (Fsp3) is 0.538. The first kappa shape index (κ1) is 11.3. The molecule has 0 aliphatic heterocycles. The summed E-state index contributed by atoms with van der Waals surface area (Å²) in [5, 5.41) is 0. The third kappa shape index (κ3) is 1.87. The van der Waals surface area contributed by atoms with E-state index in [1.165, 1.54) is 19.3 Å². The van der Waals surface area contributed by atoms with Crippen LogP contribution in [0.15, 0.2) is 18.2 Å². The van der Waals surface area contributed by atoms with Gasteiger partial charge in [0, 0.05) is 6.04 Å². The fourth-order valence-corrected chi connectivity index (χ4v) is 2.24. The van der Waals surface area contributed by atoms with E-state index < -0.39 is 0 Å². The van der Waals surface area contributed by atoms with E-state index in [0.717, 1.165) is 17.1 Å². The van der Waals surface area contributed by atoms with E-state index in [0.29, 0.717) is 5.92 Å². The number of rotatable bonds is 4. The van der Waals surface area contributed by atoms with E-state index >= 15 is 0 Å². The molecule has 1 fully saturated rings. The van der Waals surface area contributed by atoms with Crippen LogP contribution in [-0.2, 0) is 0 Å². The predicted octanol–water partition coefficient (Wildman–Crippen LogP) is 2.50. The Hall–Kier alpha value is -1.22. The van der Waals surface area contributed by atoms with Gasteiger partial charge in [-0.15, -0.1) is 0 Å². The van der Waals surface area contributed by atoms with Crippen molar-refractivity contribution in [1.29, 1.82) is 0 Å². The third-order valence-electron chi connectivity index (χ3n) is 3.46. The van der Waals surface area contributed by atoms with Crippen molar-refractivity contribution < 1.29 is 9.47 Å². The highest BCUT2D eigenvalue weighted by Gasteiger charge is 2.29. The molecule has 88 valence electrons. The van der Waals surface area contributed by atoms with Crippen molar-refractivity contribution in [2.75, 3.05) is 14.2 Å². The first-order valence-corrected chi connectivity index (χ1v) is 5.74. The van der Waals surface area contributed by atoms with Crippen molar-refractivity contribution in [2.24, 2.45) is 11.7 Å². The minimum atomic E-state index is 0.0276. The maximum absolute atomic E-state index is 6.29. The highest BCUT2D eigenvalue weighted by Crippen LogP contribution is 2.42. The highest BCUT2D eigenvalue weighted by molar-refractivity contribution is 5.47. The second-order valence-electron chi connectivity index (χ2n) is 4.29. The molecular weight excluding hydrogens is 202 g/mol. The maximum Gasteiger partial charge on any atom is 0.127 e.